The lowest BCUT2D eigenvalue weighted by Gasteiger charge is -2.06. The van der Waals surface area contributed by atoms with E-state index in [4.69, 9.17) is 0 Å². The predicted molar refractivity (Wildman–Crippen MR) is 53.4 cm³/mol. The molecule has 1 saturated heterocycles. The van der Waals surface area contributed by atoms with Crippen LogP contribution < -0.4 is 5.32 Å². The standard InChI is InChI=1S/C9H17NOS/c1-2-3-4-7-5-8(9(11)12)10-6-7/h7-8,10H,2-6H2,1H3,(H,11,12). The maximum Gasteiger partial charge on any atom is 0.202 e. The Balaban J connectivity index is 2.21. The molecule has 12 heavy (non-hydrogen) atoms. The van der Waals surface area contributed by atoms with Crippen molar-refractivity contribution in [1.82, 2.24) is 5.32 Å². The molecule has 1 fully saturated rings. The molecule has 0 amide bonds. The van der Waals surface area contributed by atoms with E-state index in [0.29, 0.717) is 5.92 Å². The Morgan fingerprint density at radius 3 is 2.92 bits per heavy atom. The minimum Gasteiger partial charge on any atom is -0.306 e. The summed E-state index contributed by atoms with van der Waals surface area (Å²) < 4.78 is 0. The van der Waals surface area contributed by atoms with E-state index in [1.165, 1.54) is 19.3 Å². The number of nitrogens with one attached hydrogen (secondary N) is 1. The van der Waals surface area contributed by atoms with Crippen LogP contribution in [0.15, 0.2) is 0 Å². The topological polar surface area (TPSA) is 29.1 Å². The third-order valence-electron chi connectivity index (χ3n) is 2.49. The lowest BCUT2D eigenvalue weighted by molar-refractivity contribution is -0.112. The van der Waals surface area contributed by atoms with Gasteiger partial charge in [0.15, 0.2) is 0 Å². The largest absolute Gasteiger partial charge is 0.306 e. The summed E-state index contributed by atoms with van der Waals surface area (Å²) >= 11 is 3.82. The van der Waals surface area contributed by atoms with Crippen LogP contribution in [-0.2, 0) is 4.79 Å². The Morgan fingerprint density at radius 1 is 1.67 bits per heavy atom. The van der Waals surface area contributed by atoms with Crippen LogP contribution in [0.2, 0.25) is 0 Å². The number of hydrogen-bond donors (Lipinski definition) is 2. The number of unbranched alkanes of at least 4 members (excludes halogenated alkanes) is 1. The van der Waals surface area contributed by atoms with Crippen molar-refractivity contribution in [3.05, 3.63) is 0 Å². The number of thiol groups is 1. The molecule has 1 aliphatic heterocycles. The Bertz CT molecular complexity index is 161. The van der Waals surface area contributed by atoms with E-state index in [-0.39, 0.29) is 11.2 Å². The van der Waals surface area contributed by atoms with Crippen LogP contribution in [0.3, 0.4) is 0 Å². The van der Waals surface area contributed by atoms with Crippen LogP contribution in [0, 0.1) is 5.92 Å². The molecule has 70 valence electrons. The van der Waals surface area contributed by atoms with E-state index in [1.807, 2.05) is 0 Å². The summed E-state index contributed by atoms with van der Waals surface area (Å²) in [6.07, 6.45) is 4.76. The van der Waals surface area contributed by atoms with E-state index >= 15 is 0 Å². The summed E-state index contributed by atoms with van der Waals surface area (Å²) in [5.41, 5.74) is 0. The van der Waals surface area contributed by atoms with Gasteiger partial charge >= 0.3 is 0 Å². The fourth-order valence-corrected chi connectivity index (χ4v) is 1.91. The SMILES string of the molecule is CCCCC1CNC(C(=O)S)C1. The zero-order valence-electron chi connectivity index (χ0n) is 7.55. The number of carbonyl (C=O) groups is 1. The monoisotopic (exact) mass is 187 g/mol. The molecular weight excluding hydrogens is 170 g/mol. The van der Waals surface area contributed by atoms with Crippen molar-refractivity contribution in [3.63, 3.8) is 0 Å². The highest BCUT2D eigenvalue weighted by molar-refractivity contribution is 7.96. The molecule has 0 aromatic rings. The van der Waals surface area contributed by atoms with E-state index in [2.05, 4.69) is 24.9 Å². The van der Waals surface area contributed by atoms with Crippen LogP contribution >= 0.6 is 12.6 Å². The van der Waals surface area contributed by atoms with E-state index in [9.17, 15) is 4.79 Å². The fraction of sp³-hybridized carbons (Fsp3) is 0.889. The third-order valence-corrected chi connectivity index (χ3v) is 2.80. The maximum atomic E-state index is 10.9. The van der Waals surface area contributed by atoms with Crippen molar-refractivity contribution >= 4 is 17.7 Å². The fourth-order valence-electron chi connectivity index (χ4n) is 1.71. The predicted octanol–water partition coefficient (Wildman–Crippen LogP) is 1.61. The number of rotatable bonds is 4. The van der Waals surface area contributed by atoms with Gasteiger partial charge in [-0.3, -0.25) is 4.79 Å². The van der Waals surface area contributed by atoms with E-state index in [1.54, 1.807) is 0 Å². The highest BCUT2D eigenvalue weighted by Crippen LogP contribution is 2.20. The number of hydrogen-bond acceptors (Lipinski definition) is 2. The molecular formula is C9H17NOS. The van der Waals surface area contributed by atoms with Gasteiger partial charge in [0.25, 0.3) is 0 Å². The molecule has 2 nitrogen and oxygen atoms in total. The molecule has 0 aromatic heterocycles. The summed E-state index contributed by atoms with van der Waals surface area (Å²) in [6, 6.07) is 0.0233. The molecule has 1 heterocycles. The van der Waals surface area contributed by atoms with Gasteiger partial charge in [0.2, 0.25) is 5.12 Å². The van der Waals surface area contributed by atoms with Crippen LogP contribution in [0.25, 0.3) is 0 Å². The van der Waals surface area contributed by atoms with Crippen LogP contribution in [0.1, 0.15) is 32.6 Å². The van der Waals surface area contributed by atoms with Gasteiger partial charge in [-0.2, -0.15) is 0 Å². The van der Waals surface area contributed by atoms with Gasteiger partial charge in [0, 0.05) is 0 Å². The second-order valence-corrected chi connectivity index (χ2v) is 3.98. The molecule has 0 saturated carbocycles. The van der Waals surface area contributed by atoms with Crippen molar-refractivity contribution in [1.29, 1.82) is 0 Å². The molecule has 3 heteroatoms. The lowest BCUT2D eigenvalue weighted by atomic mass is 9.99. The van der Waals surface area contributed by atoms with Crippen molar-refractivity contribution in [3.8, 4) is 0 Å². The van der Waals surface area contributed by atoms with Gasteiger partial charge in [-0.1, -0.05) is 19.8 Å². The van der Waals surface area contributed by atoms with Crippen LogP contribution in [-0.4, -0.2) is 17.7 Å². The smallest absolute Gasteiger partial charge is 0.202 e. The first-order valence-corrected chi connectivity index (χ1v) is 5.15. The average molecular weight is 187 g/mol. The van der Waals surface area contributed by atoms with Crippen molar-refractivity contribution in [2.75, 3.05) is 6.54 Å². The van der Waals surface area contributed by atoms with Gasteiger partial charge < -0.3 is 5.32 Å². The first kappa shape index (κ1) is 10.1. The molecule has 0 aromatic carbocycles. The average Bonchev–Trinajstić information content (AvgIpc) is 2.48. The summed E-state index contributed by atoms with van der Waals surface area (Å²) in [7, 11) is 0. The molecule has 1 rings (SSSR count). The van der Waals surface area contributed by atoms with Gasteiger partial charge in [-0.05, 0) is 25.3 Å². The lowest BCUT2D eigenvalue weighted by Crippen LogP contribution is -2.26. The first-order valence-electron chi connectivity index (χ1n) is 4.70. The van der Waals surface area contributed by atoms with Gasteiger partial charge in [0.1, 0.15) is 0 Å². The molecule has 0 aliphatic carbocycles. The minimum atomic E-state index is -0.00556. The molecule has 0 spiro atoms. The second kappa shape index (κ2) is 4.87. The van der Waals surface area contributed by atoms with E-state index in [0.717, 1.165) is 13.0 Å². The molecule has 2 unspecified atom stereocenters. The summed E-state index contributed by atoms with van der Waals surface area (Å²) in [6.45, 7) is 3.20. The Hall–Kier alpha value is -0.0200. The molecule has 1 N–H and O–H groups in total. The maximum absolute atomic E-state index is 10.9. The minimum absolute atomic E-state index is 0.00556. The van der Waals surface area contributed by atoms with E-state index < -0.39 is 0 Å². The normalized spacial score (nSPS) is 29.2. The Kier molecular flexibility index (Phi) is 4.09. The summed E-state index contributed by atoms with van der Waals surface area (Å²) in [4.78, 5) is 10.9. The first-order chi connectivity index (χ1) is 5.74. The molecule has 0 bridgehead atoms. The second-order valence-electron chi connectivity index (χ2n) is 3.54. The molecule has 1 aliphatic rings. The summed E-state index contributed by atoms with van der Waals surface area (Å²) in [5.74, 6) is 0.700. The number of carbonyl (C=O) groups excluding carboxylic acids is 1. The van der Waals surface area contributed by atoms with Crippen molar-refractivity contribution in [2.45, 2.75) is 38.6 Å². The molecule has 2 atom stereocenters. The van der Waals surface area contributed by atoms with Crippen molar-refractivity contribution in [2.24, 2.45) is 5.92 Å². The van der Waals surface area contributed by atoms with Gasteiger partial charge in [-0.25, -0.2) is 0 Å². The summed E-state index contributed by atoms with van der Waals surface area (Å²) in [5, 5.41) is 3.18. The zero-order valence-corrected chi connectivity index (χ0v) is 8.44. The highest BCUT2D eigenvalue weighted by Gasteiger charge is 2.26. The van der Waals surface area contributed by atoms with Crippen molar-refractivity contribution < 1.29 is 4.79 Å². The van der Waals surface area contributed by atoms with Crippen LogP contribution in [0.4, 0.5) is 0 Å². The van der Waals surface area contributed by atoms with Gasteiger partial charge in [-0.15, -0.1) is 12.6 Å². The molecule has 0 radical (unpaired) electrons. The Labute approximate surface area is 79.5 Å². The quantitative estimate of drug-likeness (QED) is 0.655. The zero-order chi connectivity index (χ0) is 8.97. The highest BCUT2D eigenvalue weighted by atomic mass is 32.1. The third kappa shape index (κ3) is 2.79. The Morgan fingerprint density at radius 2 is 2.42 bits per heavy atom. The van der Waals surface area contributed by atoms with Crippen LogP contribution in [0.5, 0.6) is 0 Å². The van der Waals surface area contributed by atoms with Gasteiger partial charge in [0.05, 0.1) is 6.04 Å².